The van der Waals surface area contributed by atoms with E-state index >= 15 is 0 Å². The van der Waals surface area contributed by atoms with Gasteiger partial charge in [0, 0.05) is 22.4 Å². The van der Waals surface area contributed by atoms with Crippen LogP contribution in [0.4, 0.5) is 0 Å². The van der Waals surface area contributed by atoms with E-state index in [9.17, 15) is 0 Å². The van der Waals surface area contributed by atoms with E-state index < -0.39 is 0 Å². The minimum absolute atomic E-state index is 1.05. The summed E-state index contributed by atoms with van der Waals surface area (Å²) in [5.74, 6) is 0. The monoisotopic (exact) mass is 283 g/mol. The van der Waals surface area contributed by atoms with Gasteiger partial charge in [0.25, 0.3) is 0 Å². The standard InChI is InChI=1S/C19H13N3/c1-2-6-14(7-3-1)22-19-13(12-20-22)10-11-16-15-8-4-5-9-17(15)21-18(16)19/h1-12,20H. The third kappa shape index (κ3) is 1.48. The molecule has 0 aliphatic heterocycles. The van der Waals surface area contributed by atoms with E-state index in [0.717, 1.165) is 22.2 Å². The summed E-state index contributed by atoms with van der Waals surface area (Å²) in [7, 11) is 0. The fraction of sp³-hybridized carbons (Fsp3) is 0. The highest BCUT2D eigenvalue weighted by Gasteiger charge is 2.12. The van der Waals surface area contributed by atoms with Crippen molar-refractivity contribution in [1.82, 2.24) is 14.8 Å². The summed E-state index contributed by atoms with van der Waals surface area (Å²) in [4.78, 5) is 4.86. The number of benzene rings is 3. The molecule has 2 heterocycles. The number of H-pyrrole nitrogens is 1. The summed E-state index contributed by atoms with van der Waals surface area (Å²) in [5, 5.41) is 6.92. The van der Waals surface area contributed by atoms with Crippen molar-refractivity contribution in [2.75, 3.05) is 0 Å². The van der Waals surface area contributed by atoms with E-state index in [4.69, 9.17) is 4.98 Å². The second kappa shape index (κ2) is 4.21. The van der Waals surface area contributed by atoms with Crippen LogP contribution in [0.3, 0.4) is 0 Å². The molecular weight excluding hydrogens is 270 g/mol. The van der Waals surface area contributed by atoms with E-state index in [1.165, 1.54) is 16.2 Å². The average Bonchev–Trinajstić information content (AvgIpc) is 3.16. The second-order valence-corrected chi connectivity index (χ2v) is 5.47. The minimum atomic E-state index is 1.05. The lowest BCUT2D eigenvalue weighted by atomic mass is 10.1. The van der Waals surface area contributed by atoms with Crippen LogP contribution in [-0.4, -0.2) is 14.8 Å². The summed E-state index contributed by atoms with van der Waals surface area (Å²) < 4.78 is 2.10. The SMILES string of the molecule is c1ccc(-n2[nH]cc3ccc4c5ccccc5nc4c32)cc1. The number of aromatic amines is 1. The number of hydrogen-bond donors (Lipinski definition) is 1. The average molecular weight is 283 g/mol. The first-order chi connectivity index (χ1) is 10.9. The molecule has 5 aromatic rings. The number of fused-ring (bicyclic) bond motifs is 5. The number of aromatic nitrogens is 3. The largest absolute Gasteiger partial charge is 0.300 e. The van der Waals surface area contributed by atoms with E-state index in [1.54, 1.807) is 0 Å². The lowest BCUT2D eigenvalue weighted by molar-refractivity contribution is 0.913. The zero-order valence-electron chi connectivity index (χ0n) is 11.8. The van der Waals surface area contributed by atoms with Crippen LogP contribution in [-0.2, 0) is 0 Å². The fourth-order valence-electron chi connectivity index (χ4n) is 3.18. The first kappa shape index (κ1) is 11.6. The highest BCUT2D eigenvalue weighted by atomic mass is 15.3. The van der Waals surface area contributed by atoms with Crippen LogP contribution in [0.25, 0.3) is 38.4 Å². The molecule has 0 atom stereocenters. The molecule has 0 unspecified atom stereocenters. The van der Waals surface area contributed by atoms with Gasteiger partial charge >= 0.3 is 0 Å². The van der Waals surface area contributed by atoms with Gasteiger partial charge in [-0.3, -0.25) is 4.68 Å². The van der Waals surface area contributed by atoms with Crippen molar-refractivity contribution in [3.05, 3.63) is 72.9 Å². The number of nitrogens with one attached hydrogen (secondary N) is 1. The predicted molar refractivity (Wildman–Crippen MR) is 90.4 cm³/mol. The molecule has 3 nitrogen and oxygen atoms in total. The third-order valence-electron chi connectivity index (χ3n) is 4.20. The number of nitrogens with zero attached hydrogens (tertiary/aromatic N) is 2. The molecule has 0 saturated heterocycles. The molecule has 0 spiro atoms. The Balaban J connectivity index is 1.97. The van der Waals surface area contributed by atoms with Gasteiger partial charge in [0.15, 0.2) is 0 Å². The topological polar surface area (TPSA) is 33.6 Å². The summed E-state index contributed by atoms with van der Waals surface area (Å²) in [6.45, 7) is 0. The highest BCUT2D eigenvalue weighted by molar-refractivity contribution is 6.16. The Morgan fingerprint density at radius 1 is 0.773 bits per heavy atom. The zero-order valence-corrected chi connectivity index (χ0v) is 11.8. The van der Waals surface area contributed by atoms with E-state index in [1.807, 2.05) is 30.5 Å². The van der Waals surface area contributed by atoms with Crippen LogP contribution >= 0.6 is 0 Å². The van der Waals surface area contributed by atoms with Crippen molar-refractivity contribution in [2.24, 2.45) is 0 Å². The van der Waals surface area contributed by atoms with Crippen molar-refractivity contribution in [1.29, 1.82) is 0 Å². The van der Waals surface area contributed by atoms with Crippen molar-refractivity contribution in [2.45, 2.75) is 0 Å². The van der Waals surface area contributed by atoms with Crippen molar-refractivity contribution >= 4 is 32.7 Å². The van der Waals surface area contributed by atoms with Gasteiger partial charge in [-0.25, -0.2) is 4.98 Å². The molecule has 0 saturated carbocycles. The Morgan fingerprint density at radius 2 is 1.59 bits per heavy atom. The highest BCUT2D eigenvalue weighted by Crippen LogP contribution is 2.32. The fourth-order valence-corrected chi connectivity index (χ4v) is 3.18. The van der Waals surface area contributed by atoms with Crippen LogP contribution in [0, 0.1) is 0 Å². The maximum absolute atomic E-state index is 4.86. The first-order valence-electron chi connectivity index (χ1n) is 7.34. The Labute approximate surface area is 126 Å². The Bertz CT molecular complexity index is 1120. The zero-order chi connectivity index (χ0) is 14.5. The quantitative estimate of drug-likeness (QED) is 0.477. The summed E-state index contributed by atoms with van der Waals surface area (Å²) in [6.07, 6.45) is 2.03. The molecule has 5 rings (SSSR count). The van der Waals surface area contributed by atoms with Gasteiger partial charge < -0.3 is 5.10 Å². The maximum Gasteiger partial charge on any atom is 0.0980 e. The van der Waals surface area contributed by atoms with Crippen molar-refractivity contribution in [3.8, 4) is 5.69 Å². The molecule has 2 aromatic heterocycles. The van der Waals surface area contributed by atoms with Crippen LogP contribution < -0.4 is 0 Å². The molecule has 0 radical (unpaired) electrons. The molecule has 104 valence electrons. The van der Waals surface area contributed by atoms with Crippen LogP contribution in [0.5, 0.6) is 0 Å². The predicted octanol–water partition coefficient (Wildman–Crippen LogP) is 4.66. The molecule has 0 aliphatic carbocycles. The number of hydrogen-bond acceptors (Lipinski definition) is 1. The Kier molecular flexibility index (Phi) is 2.22. The maximum atomic E-state index is 4.86. The van der Waals surface area contributed by atoms with Gasteiger partial charge in [-0.1, -0.05) is 48.5 Å². The molecule has 3 aromatic carbocycles. The van der Waals surface area contributed by atoms with Gasteiger partial charge in [-0.2, -0.15) is 0 Å². The van der Waals surface area contributed by atoms with E-state index in [0.29, 0.717) is 0 Å². The Hall–Kier alpha value is -3.07. The lowest BCUT2D eigenvalue weighted by Gasteiger charge is -2.05. The van der Waals surface area contributed by atoms with Crippen LogP contribution in [0.1, 0.15) is 0 Å². The summed E-state index contributed by atoms with van der Waals surface area (Å²) >= 11 is 0. The lowest BCUT2D eigenvalue weighted by Crippen LogP contribution is -1.95. The molecule has 3 heteroatoms. The molecule has 0 fully saturated rings. The van der Waals surface area contributed by atoms with Crippen molar-refractivity contribution < 1.29 is 0 Å². The van der Waals surface area contributed by atoms with Crippen LogP contribution in [0.2, 0.25) is 0 Å². The van der Waals surface area contributed by atoms with Gasteiger partial charge in [-0.15, -0.1) is 0 Å². The van der Waals surface area contributed by atoms with Crippen molar-refractivity contribution in [3.63, 3.8) is 0 Å². The molecule has 0 aliphatic rings. The summed E-state index contributed by atoms with van der Waals surface area (Å²) in [5.41, 5.74) is 4.33. The molecule has 22 heavy (non-hydrogen) atoms. The summed E-state index contributed by atoms with van der Waals surface area (Å²) in [6, 6.07) is 22.9. The van der Waals surface area contributed by atoms with Crippen LogP contribution in [0.15, 0.2) is 72.9 Å². The van der Waals surface area contributed by atoms with Gasteiger partial charge in [0.05, 0.1) is 22.2 Å². The number of para-hydroxylation sites is 2. The second-order valence-electron chi connectivity index (χ2n) is 5.47. The molecule has 0 bridgehead atoms. The third-order valence-corrected chi connectivity index (χ3v) is 4.20. The molecular formula is C19H13N3. The minimum Gasteiger partial charge on any atom is -0.300 e. The smallest absolute Gasteiger partial charge is 0.0980 e. The Morgan fingerprint density at radius 3 is 2.50 bits per heavy atom. The van der Waals surface area contributed by atoms with Gasteiger partial charge in [0.1, 0.15) is 0 Å². The van der Waals surface area contributed by atoms with Gasteiger partial charge in [0.2, 0.25) is 0 Å². The van der Waals surface area contributed by atoms with E-state index in [-0.39, 0.29) is 0 Å². The van der Waals surface area contributed by atoms with E-state index in [2.05, 4.69) is 52.2 Å². The molecule has 1 N–H and O–H groups in total. The number of rotatable bonds is 1. The molecule has 0 amide bonds. The normalized spacial score (nSPS) is 11.6. The van der Waals surface area contributed by atoms with Gasteiger partial charge in [-0.05, 0) is 18.2 Å². The first-order valence-corrected chi connectivity index (χ1v) is 7.34.